The van der Waals surface area contributed by atoms with Crippen molar-refractivity contribution in [3.8, 4) is 5.75 Å². The minimum Gasteiger partial charge on any atom is -0.508 e. The Morgan fingerprint density at radius 2 is 1.58 bits per heavy atom. The number of phenolic OH excluding ortho intramolecular Hbond substituents is 1. The Morgan fingerprint density at radius 1 is 1.00 bits per heavy atom. The molecule has 8 nitrogen and oxygen atoms in total. The zero-order valence-electron chi connectivity index (χ0n) is 19.1. The van der Waals surface area contributed by atoms with Crippen molar-refractivity contribution in [2.75, 3.05) is 7.11 Å². The van der Waals surface area contributed by atoms with Gasteiger partial charge in [-0.3, -0.25) is 4.79 Å². The first-order chi connectivity index (χ1) is 15.5. The quantitative estimate of drug-likeness (QED) is 0.445. The molecule has 2 aromatic rings. The number of esters is 1. The summed E-state index contributed by atoms with van der Waals surface area (Å²) in [6.07, 6.45) is -0.665. The van der Waals surface area contributed by atoms with Gasteiger partial charge < -0.3 is 19.9 Å². The molecule has 2 aromatic carbocycles. The topological polar surface area (TPSA) is 105 Å². The van der Waals surface area contributed by atoms with Crippen LogP contribution in [0, 0.1) is 0 Å². The van der Waals surface area contributed by atoms with Crippen molar-refractivity contribution >= 4 is 29.7 Å². The fourth-order valence-electron chi connectivity index (χ4n) is 3.02. The van der Waals surface area contributed by atoms with E-state index in [0.717, 1.165) is 5.56 Å². The first kappa shape index (κ1) is 26.0. The van der Waals surface area contributed by atoms with Crippen molar-refractivity contribution in [3.63, 3.8) is 0 Å². The van der Waals surface area contributed by atoms with Gasteiger partial charge in [-0.1, -0.05) is 42.5 Å². The summed E-state index contributed by atoms with van der Waals surface area (Å²) in [5.74, 6) is -1.22. The molecule has 0 aliphatic heterocycles. The van der Waals surface area contributed by atoms with Crippen molar-refractivity contribution in [3.05, 3.63) is 65.7 Å². The van der Waals surface area contributed by atoms with Crippen LogP contribution in [0.15, 0.2) is 54.6 Å². The van der Waals surface area contributed by atoms with E-state index in [1.807, 2.05) is 6.07 Å². The molecule has 0 radical (unpaired) electrons. The minimum atomic E-state index is -1.16. The van der Waals surface area contributed by atoms with E-state index in [9.17, 15) is 19.5 Å². The average Bonchev–Trinajstić information content (AvgIpc) is 2.76. The average molecular weight is 477 g/mol. The molecule has 0 aromatic heterocycles. The minimum absolute atomic E-state index is 0.0791. The number of methoxy groups -OCH3 is 1. The van der Waals surface area contributed by atoms with Crippen LogP contribution in [0.4, 0.5) is 4.79 Å². The van der Waals surface area contributed by atoms with E-state index >= 15 is 0 Å². The van der Waals surface area contributed by atoms with Crippen molar-refractivity contribution in [1.29, 1.82) is 0 Å². The molecule has 2 amide bonds. The fourth-order valence-corrected chi connectivity index (χ4v) is 3.21. The molecule has 0 heterocycles. The van der Waals surface area contributed by atoms with Crippen LogP contribution in [0.3, 0.4) is 0 Å². The van der Waals surface area contributed by atoms with Gasteiger partial charge in [0.2, 0.25) is 5.91 Å². The van der Waals surface area contributed by atoms with Crippen LogP contribution in [-0.4, -0.2) is 52.3 Å². The van der Waals surface area contributed by atoms with Crippen LogP contribution in [0.25, 0.3) is 0 Å². The van der Waals surface area contributed by atoms with E-state index in [-0.39, 0.29) is 18.6 Å². The molecule has 9 heteroatoms. The van der Waals surface area contributed by atoms with Crippen LogP contribution in [0.1, 0.15) is 31.9 Å². The monoisotopic (exact) mass is 476 g/mol. The maximum atomic E-state index is 13.2. The van der Waals surface area contributed by atoms with E-state index in [4.69, 9.17) is 21.3 Å². The second kappa shape index (κ2) is 11.6. The lowest BCUT2D eigenvalue weighted by molar-refractivity contribution is -0.145. The second-order valence-electron chi connectivity index (χ2n) is 8.45. The Bertz CT molecular complexity index is 944. The summed E-state index contributed by atoms with van der Waals surface area (Å²) >= 11 is 6.28. The fraction of sp³-hybridized carbons (Fsp3) is 0.375. The first-order valence-electron chi connectivity index (χ1n) is 10.4. The number of rotatable bonds is 8. The van der Waals surface area contributed by atoms with Gasteiger partial charge in [0, 0.05) is 24.6 Å². The number of carbonyl (C=O) groups is 3. The number of nitrogens with zero attached hydrogens (tertiary/aromatic N) is 1. The highest BCUT2D eigenvalue weighted by Gasteiger charge is 2.35. The van der Waals surface area contributed by atoms with Crippen LogP contribution >= 0.6 is 11.8 Å². The predicted octanol–water partition coefficient (Wildman–Crippen LogP) is 3.59. The van der Waals surface area contributed by atoms with Gasteiger partial charge in [-0.25, -0.2) is 14.0 Å². The Labute approximate surface area is 198 Å². The molecule has 2 rings (SSSR count). The molecule has 0 saturated heterocycles. The van der Waals surface area contributed by atoms with Crippen molar-refractivity contribution in [2.24, 2.45) is 0 Å². The summed E-state index contributed by atoms with van der Waals surface area (Å²) in [6.45, 7) is 5.06. The molecular weight excluding hydrogens is 448 g/mol. The van der Waals surface area contributed by atoms with Crippen molar-refractivity contribution < 1.29 is 29.0 Å². The smallest absolute Gasteiger partial charge is 0.425 e. The second-order valence-corrected chi connectivity index (χ2v) is 8.82. The number of carbonyl (C=O) groups excluding carboxylic acids is 3. The summed E-state index contributed by atoms with van der Waals surface area (Å²) in [7, 11) is 1.22. The van der Waals surface area contributed by atoms with Crippen LogP contribution in [-0.2, 0) is 31.9 Å². The Kier molecular flexibility index (Phi) is 9.11. The highest BCUT2D eigenvalue weighted by Crippen LogP contribution is 2.18. The van der Waals surface area contributed by atoms with Crippen LogP contribution in [0.5, 0.6) is 5.75 Å². The molecule has 0 aliphatic rings. The van der Waals surface area contributed by atoms with E-state index in [1.54, 1.807) is 57.2 Å². The van der Waals surface area contributed by atoms with Gasteiger partial charge in [0.15, 0.2) is 0 Å². The molecular formula is C24H29ClN2O6. The first-order valence-corrected chi connectivity index (χ1v) is 10.7. The largest absolute Gasteiger partial charge is 0.508 e. The van der Waals surface area contributed by atoms with Crippen molar-refractivity contribution in [1.82, 2.24) is 9.74 Å². The van der Waals surface area contributed by atoms with E-state index in [2.05, 4.69) is 5.32 Å². The third kappa shape index (κ3) is 8.31. The number of hydrogen-bond donors (Lipinski definition) is 2. The summed E-state index contributed by atoms with van der Waals surface area (Å²) in [6, 6.07) is 13.1. The third-order valence-electron chi connectivity index (χ3n) is 4.59. The zero-order chi connectivity index (χ0) is 24.6. The molecule has 33 heavy (non-hydrogen) atoms. The maximum absolute atomic E-state index is 13.2. The van der Waals surface area contributed by atoms with E-state index < -0.39 is 35.7 Å². The number of ether oxygens (including phenoxy) is 2. The Morgan fingerprint density at radius 3 is 2.12 bits per heavy atom. The van der Waals surface area contributed by atoms with Gasteiger partial charge in [0.1, 0.15) is 23.4 Å². The third-order valence-corrected chi connectivity index (χ3v) is 4.97. The summed E-state index contributed by atoms with van der Waals surface area (Å²) in [5.41, 5.74) is 0.642. The number of amides is 2. The molecule has 0 unspecified atom stereocenters. The normalized spacial score (nSPS) is 12.9. The van der Waals surface area contributed by atoms with Gasteiger partial charge in [0.25, 0.3) is 0 Å². The molecule has 0 aliphatic carbocycles. The van der Waals surface area contributed by atoms with Crippen molar-refractivity contribution in [2.45, 2.75) is 51.3 Å². The zero-order valence-corrected chi connectivity index (χ0v) is 19.8. The Balaban J connectivity index is 2.26. The summed E-state index contributed by atoms with van der Waals surface area (Å²) < 4.78 is 10.9. The molecule has 2 atom stereocenters. The lowest BCUT2D eigenvalue weighted by Gasteiger charge is -2.29. The number of benzene rings is 2. The van der Waals surface area contributed by atoms with E-state index in [1.165, 1.54) is 19.2 Å². The molecule has 0 saturated carbocycles. The highest BCUT2D eigenvalue weighted by molar-refractivity contribution is 6.22. The molecule has 0 spiro atoms. The SMILES string of the molecule is COC(=O)[C@H](Cc1ccc(O)cc1)NC(=O)[C@H](Cc1ccccc1)N(Cl)C(=O)OC(C)(C)C. The number of halogens is 1. The number of phenols is 1. The predicted molar refractivity (Wildman–Crippen MR) is 124 cm³/mol. The lowest BCUT2D eigenvalue weighted by atomic mass is 10.0. The van der Waals surface area contributed by atoms with Gasteiger partial charge in [0.05, 0.1) is 7.11 Å². The maximum Gasteiger partial charge on any atom is 0.425 e. The molecule has 0 bridgehead atoms. The summed E-state index contributed by atoms with van der Waals surface area (Å²) in [4.78, 5) is 38.2. The summed E-state index contributed by atoms with van der Waals surface area (Å²) in [5, 5.41) is 12.1. The highest BCUT2D eigenvalue weighted by atomic mass is 35.5. The number of hydrogen-bond acceptors (Lipinski definition) is 6. The molecule has 2 N–H and O–H groups in total. The van der Waals surface area contributed by atoms with Gasteiger partial charge in [-0.05, 0) is 44.0 Å². The van der Waals surface area contributed by atoms with Gasteiger partial charge in [-0.15, -0.1) is 0 Å². The molecule has 0 fully saturated rings. The van der Waals surface area contributed by atoms with Gasteiger partial charge in [-0.2, -0.15) is 0 Å². The lowest BCUT2D eigenvalue weighted by Crippen LogP contribution is -2.53. The van der Waals surface area contributed by atoms with Crippen LogP contribution < -0.4 is 5.32 Å². The molecule has 178 valence electrons. The van der Waals surface area contributed by atoms with Crippen LogP contribution in [0.2, 0.25) is 0 Å². The number of nitrogens with one attached hydrogen (secondary N) is 1. The standard InChI is InChI=1S/C24H29ClN2O6/c1-24(2,3)33-23(31)27(25)20(15-16-8-6-5-7-9-16)21(29)26-19(22(30)32-4)14-17-10-12-18(28)13-11-17/h5-13,19-20,28H,14-15H2,1-4H3,(H,26,29)/t19-,20-/m0/s1. The number of aromatic hydroxyl groups is 1. The Hall–Kier alpha value is -3.26. The van der Waals surface area contributed by atoms with Gasteiger partial charge >= 0.3 is 12.1 Å². The van der Waals surface area contributed by atoms with E-state index in [0.29, 0.717) is 9.98 Å².